The zero-order valence-electron chi connectivity index (χ0n) is 5.38. The molecule has 0 aromatic heterocycles. The highest BCUT2D eigenvalue weighted by atomic mass is 16.5. The first-order chi connectivity index (χ1) is 4.41. The normalized spacial score (nSPS) is 17.3. The van der Waals surface area contributed by atoms with E-state index in [4.69, 9.17) is 9.64 Å². The van der Waals surface area contributed by atoms with Gasteiger partial charge in [0.15, 0.2) is 0 Å². The molecule has 0 atom stereocenters. The molecule has 4 nitrogen and oxygen atoms in total. The Morgan fingerprint density at radius 2 is 1.67 bits per heavy atom. The third kappa shape index (κ3) is 7.36. The largest absolute Gasteiger partial charge is 0.381 e. The molecule has 1 fully saturated rings. The van der Waals surface area contributed by atoms with Crippen LogP contribution in [0.3, 0.4) is 0 Å². The topological polar surface area (TPSA) is 64.7 Å². The quantitative estimate of drug-likeness (QED) is 0.301. The molecule has 0 bridgehead atoms. The highest BCUT2D eigenvalue weighted by Gasteiger charge is 1.94. The van der Waals surface area contributed by atoms with Crippen LogP contribution in [0, 0.1) is 4.91 Å². The van der Waals surface area contributed by atoms with Crippen molar-refractivity contribution in [2.45, 2.75) is 19.3 Å². The van der Waals surface area contributed by atoms with Crippen molar-refractivity contribution in [1.29, 1.82) is 0 Å². The molecule has 0 saturated carbocycles. The van der Waals surface area contributed by atoms with Crippen molar-refractivity contribution in [2.24, 2.45) is 11.1 Å². The van der Waals surface area contributed by atoms with Gasteiger partial charge in [0.05, 0.1) is 0 Å². The van der Waals surface area contributed by atoms with Gasteiger partial charge in [-0.05, 0) is 19.3 Å². The summed E-state index contributed by atoms with van der Waals surface area (Å²) in [6.45, 7) is 2.00. The lowest BCUT2D eigenvalue weighted by Crippen LogP contribution is -2.03. The van der Waals surface area contributed by atoms with Crippen LogP contribution in [0.2, 0.25) is 0 Å². The number of nitroso groups, excluding NO2 is 1. The summed E-state index contributed by atoms with van der Waals surface area (Å²) in [5.41, 5.74) is 0. The first-order valence-corrected chi connectivity index (χ1v) is 3.02. The highest BCUT2D eigenvalue weighted by molar-refractivity contribution is 4.45. The summed E-state index contributed by atoms with van der Waals surface area (Å²) in [4.78, 5) is 8.33. The molecule has 0 radical (unpaired) electrons. The fraction of sp³-hybridized carbons (Fsp3) is 1.00. The summed E-state index contributed by atoms with van der Waals surface area (Å²) in [6, 6.07) is 0. The van der Waals surface area contributed by atoms with Crippen LogP contribution < -0.4 is 5.84 Å². The number of hydrogen-bond donors (Lipinski definition) is 1. The van der Waals surface area contributed by atoms with E-state index in [0.29, 0.717) is 0 Å². The van der Waals surface area contributed by atoms with E-state index in [-0.39, 0.29) is 0 Å². The Balaban J connectivity index is 0.000000187. The van der Waals surface area contributed by atoms with Crippen LogP contribution in [0.4, 0.5) is 0 Å². The number of ether oxygens (including phenoxy) is 1. The molecule has 9 heavy (non-hydrogen) atoms. The van der Waals surface area contributed by atoms with E-state index in [9.17, 15) is 0 Å². The van der Waals surface area contributed by atoms with Gasteiger partial charge in [0.25, 0.3) is 0 Å². The maximum Gasteiger partial charge on any atom is 0.0468 e. The van der Waals surface area contributed by atoms with Gasteiger partial charge in [-0.3, -0.25) is 5.84 Å². The zero-order chi connectivity index (χ0) is 6.95. The Morgan fingerprint density at radius 3 is 1.78 bits per heavy atom. The van der Waals surface area contributed by atoms with E-state index in [1.165, 1.54) is 19.3 Å². The molecule has 0 aromatic rings. The van der Waals surface area contributed by atoms with E-state index in [0.717, 1.165) is 13.2 Å². The molecule has 1 saturated heterocycles. The number of nitrogens with two attached hydrogens (primary N) is 1. The van der Waals surface area contributed by atoms with Crippen LogP contribution >= 0.6 is 0 Å². The van der Waals surface area contributed by atoms with Crippen molar-refractivity contribution in [2.75, 3.05) is 13.2 Å². The van der Waals surface area contributed by atoms with Crippen LogP contribution in [0.5, 0.6) is 0 Å². The third-order valence-corrected chi connectivity index (χ3v) is 1.08. The second kappa shape index (κ2) is 7.36. The minimum atomic E-state index is 1.00. The van der Waals surface area contributed by atoms with Crippen LogP contribution in [0.1, 0.15) is 19.3 Å². The van der Waals surface area contributed by atoms with Crippen molar-refractivity contribution in [3.05, 3.63) is 4.91 Å². The smallest absolute Gasteiger partial charge is 0.0468 e. The summed E-state index contributed by atoms with van der Waals surface area (Å²) in [6.07, 6.45) is 3.93. The van der Waals surface area contributed by atoms with E-state index < -0.39 is 0 Å². The first-order valence-electron chi connectivity index (χ1n) is 3.02. The zero-order valence-corrected chi connectivity index (χ0v) is 5.38. The maximum absolute atomic E-state index is 8.33. The molecule has 0 aliphatic carbocycles. The van der Waals surface area contributed by atoms with Crippen molar-refractivity contribution in [3.8, 4) is 0 Å². The third-order valence-electron chi connectivity index (χ3n) is 1.08. The molecule has 1 aliphatic rings. The fourth-order valence-corrected chi connectivity index (χ4v) is 0.687. The molecule has 0 amide bonds. The van der Waals surface area contributed by atoms with E-state index in [1.807, 2.05) is 0 Å². The molecule has 1 rings (SSSR count). The van der Waals surface area contributed by atoms with Crippen molar-refractivity contribution < 1.29 is 4.74 Å². The Morgan fingerprint density at radius 1 is 1.22 bits per heavy atom. The van der Waals surface area contributed by atoms with Gasteiger partial charge in [0.2, 0.25) is 0 Å². The second-order valence-corrected chi connectivity index (χ2v) is 1.78. The van der Waals surface area contributed by atoms with Gasteiger partial charge in [-0.1, -0.05) is 0 Å². The lowest BCUT2D eigenvalue weighted by molar-refractivity contribution is 0.0968. The van der Waals surface area contributed by atoms with Gasteiger partial charge in [-0.15, -0.1) is 4.91 Å². The minimum Gasteiger partial charge on any atom is -0.381 e. The van der Waals surface area contributed by atoms with Gasteiger partial charge >= 0.3 is 0 Å². The lowest BCUT2D eigenvalue weighted by Gasteiger charge is -2.08. The molecule has 4 heteroatoms. The summed E-state index contributed by atoms with van der Waals surface area (Å²) < 4.78 is 5.07. The molecule has 0 aromatic carbocycles. The Bertz CT molecular complexity index is 52.5. The van der Waals surface area contributed by atoms with Gasteiger partial charge in [-0.2, -0.15) is 0 Å². The predicted octanol–water partition coefficient (Wildman–Crippen LogP) is 0.813. The minimum absolute atomic E-state index is 1.00. The summed E-state index contributed by atoms with van der Waals surface area (Å²) >= 11 is 0. The van der Waals surface area contributed by atoms with Crippen molar-refractivity contribution in [1.82, 2.24) is 0 Å². The van der Waals surface area contributed by atoms with Crippen molar-refractivity contribution >= 4 is 0 Å². The molecule has 1 aliphatic heterocycles. The second-order valence-electron chi connectivity index (χ2n) is 1.78. The standard InChI is InChI=1S/C5H10O.H2N2O/c1-2-4-6-5-3-1;1-2-3/h1-5H2;(H2,1,3). The van der Waals surface area contributed by atoms with Gasteiger partial charge < -0.3 is 4.74 Å². The number of nitrogens with zero attached hydrogens (tertiary/aromatic N) is 1. The molecule has 0 unspecified atom stereocenters. The van der Waals surface area contributed by atoms with E-state index >= 15 is 0 Å². The van der Waals surface area contributed by atoms with E-state index in [1.54, 1.807) is 5.29 Å². The maximum atomic E-state index is 8.33. The molecular formula is C5H12N2O2. The summed E-state index contributed by atoms with van der Waals surface area (Å²) in [5, 5.41) is 1.75. The average molecular weight is 132 g/mol. The molecule has 2 N–H and O–H groups in total. The van der Waals surface area contributed by atoms with Crippen LogP contribution in [-0.2, 0) is 4.74 Å². The van der Waals surface area contributed by atoms with Gasteiger partial charge in [0, 0.05) is 18.5 Å². The van der Waals surface area contributed by atoms with Crippen LogP contribution in [-0.4, -0.2) is 13.2 Å². The Labute approximate surface area is 54.3 Å². The predicted molar refractivity (Wildman–Crippen MR) is 34.7 cm³/mol. The van der Waals surface area contributed by atoms with Crippen LogP contribution in [0.15, 0.2) is 5.29 Å². The highest BCUT2D eigenvalue weighted by Crippen LogP contribution is 2.02. The number of rotatable bonds is 0. The number of hydrogen-bond acceptors (Lipinski definition) is 3. The summed E-state index contributed by atoms with van der Waals surface area (Å²) in [7, 11) is 0. The van der Waals surface area contributed by atoms with Crippen LogP contribution in [0.25, 0.3) is 0 Å². The SMILES string of the molecule is C1CCOCC1.NN=O. The summed E-state index contributed by atoms with van der Waals surface area (Å²) in [5.74, 6) is 3.92. The lowest BCUT2D eigenvalue weighted by atomic mass is 10.2. The van der Waals surface area contributed by atoms with Crippen molar-refractivity contribution in [3.63, 3.8) is 0 Å². The molecule has 54 valence electrons. The Hall–Kier alpha value is -0.640. The first kappa shape index (κ1) is 8.36. The monoisotopic (exact) mass is 132 g/mol. The average Bonchev–Trinajstić information content (AvgIpc) is 1.93. The molecule has 1 heterocycles. The van der Waals surface area contributed by atoms with Gasteiger partial charge in [-0.25, -0.2) is 0 Å². The fourth-order valence-electron chi connectivity index (χ4n) is 0.687. The molecular weight excluding hydrogens is 120 g/mol. The molecule has 0 spiro atoms. The van der Waals surface area contributed by atoms with E-state index in [2.05, 4.69) is 5.84 Å². The Kier molecular flexibility index (Phi) is 6.84. The van der Waals surface area contributed by atoms with Gasteiger partial charge in [0.1, 0.15) is 0 Å².